The number of nitrogens with two attached hydrogens (primary N) is 3. The third-order valence-corrected chi connectivity index (χ3v) is 7.25. The predicted octanol–water partition coefficient (Wildman–Crippen LogP) is 0.214. The van der Waals surface area contributed by atoms with Crippen molar-refractivity contribution < 1.29 is 29.1 Å². The number of amides is 4. The topological polar surface area (TPSA) is 236 Å². The smallest absolute Gasteiger partial charge is 0.326 e. The van der Waals surface area contributed by atoms with E-state index in [9.17, 15) is 29.1 Å². The molecule has 2 aromatic carbocycles. The van der Waals surface area contributed by atoms with Gasteiger partial charge in [-0.3, -0.25) is 19.2 Å². The van der Waals surface area contributed by atoms with Gasteiger partial charge in [0.25, 0.3) is 0 Å². The molecule has 13 heteroatoms. The minimum atomic E-state index is -1.20. The fourth-order valence-corrected chi connectivity index (χ4v) is 4.79. The molecule has 0 radical (unpaired) electrons. The molecule has 0 saturated carbocycles. The van der Waals surface area contributed by atoms with Gasteiger partial charge in [-0.25, -0.2) is 4.79 Å². The van der Waals surface area contributed by atoms with E-state index in [4.69, 9.17) is 17.2 Å². The van der Waals surface area contributed by atoms with Crippen LogP contribution >= 0.6 is 0 Å². The number of carboxylic acid groups (broad SMARTS) is 1. The summed E-state index contributed by atoms with van der Waals surface area (Å²) < 4.78 is 0. The number of para-hydroxylation sites is 1. The maximum Gasteiger partial charge on any atom is 0.326 e. The normalized spacial score (nSPS) is 13.8. The van der Waals surface area contributed by atoms with E-state index in [1.807, 2.05) is 30.3 Å². The number of nitrogens with one attached hydrogen (secondary N) is 4. The second kappa shape index (κ2) is 16.8. The lowest BCUT2D eigenvalue weighted by Crippen LogP contribution is -2.58. The van der Waals surface area contributed by atoms with E-state index in [2.05, 4.69) is 20.9 Å². The van der Waals surface area contributed by atoms with Crippen LogP contribution in [-0.2, 0) is 36.8 Å². The van der Waals surface area contributed by atoms with Gasteiger partial charge in [-0.05, 0) is 49.4 Å². The molecule has 4 unspecified atom stereocenters. The number of benzene rings is 2. The average molecular weight is 608 g/mol. The third-order valence-electron chi connectivity index (χ3n) is 7.25. The molecule has 11 N–H and O–H groups in total. The molecule has 4 atom stereocenters. The van der Waals surface area contributed by atoms with Crippen LogP contribution in [0.1, 0.15) is 43.2 Å². The minimum absolute atomic E-state index is 0.00678. The number of rotatable bonds is 18. The molecule has 44 heavy (non-hydrogen) atoms. The number of carboxylic acids is 1. The molecule has 0 spiro atoms. The summed E-state index contributed by atoms with van der Waals surface area (Å²) in [5.41, 5.74) is 19.0. The Balaban J connectivity index is 1.87. The van der Waals surface area contributed by atoms with Crippen molar-refractivity contribution >= 4 is 40.5 Å². The van der Waals surface area contributed by atoms with Gasteiger partial charge in [-0.1, -0.05) is 48.5 Å². The van der Waals surface area contributed by atoms with Gasteiger partial charge >= 0.3 is 5.97 Å². The van der Waals surface area contributed by atoms with Crippen molar-refractivity contribution in [2.45, 2.75) is 69.1 Å². The van der Waals surface area contributed by atoms with Gasteiger partial charge in [0.1, 0.15) is 18.1 Å². The van der Waals surface area contributed by atoms with Gasteiger partial charge in [-0.15, -0.1) is 0 Å². The fraction of sp³-hybridized carbons (Fsp3) is 0.387. The summed E-state index contributed by atoms with van der Waals surface area (Å²) in [7, 11) is 0. The Labute approximate surface area is 255 Å². The Kier molecular flexibility index (Phi) is 12.9. The summed E-state index contributed by atoms with van der Waals surface area (Å²) in [5.74, 6) is -3.83. The first-order chi connectivity index (χ1) is 21.1. The van der Waals surface area contributed by atoms with Crippen LogP contribution in [0.5, 0.6) is 0 Å². The molecule has 236 valence electrons. The van der Waals surface area contributed by atoms with Gasteiger partial charge in [-0.2, -0.15) is 0 Å². The third kappa shape index (κ3) is 10.2. The summed E-state index contributed by atoms with van der Waals surface area (Å²) in [6, 6.07) is 11.8. The summed E-state index contributed by atoms with van der Waals surface area (Å²) >= 11 is 0. The molecule has 1 aromatic heterocycles. The largest absolute Gasteiger partial charge is 0.480 e. The fourth-order valence-electron chi connectivity index (χ4n) is 4.79. The van der Waals surface area contributed by atoms with Crippen LogP contribution in [0.25, 0.3) is 10.9 Å². The molecule has 4 amide bonds. The van der Waals surface area contributed by atoms with E-state index in [1.54, 1.807) is 30.5 Å². The lowest BCUT2D eigenvalue weighted by Gasteiger charge is -2.25. The minimum Gasteiger partial charge on any atom is -0.480 e. The van der Waals surface area contributed by atoms with Crippen molar-refractivity contribution in [2.24, 2.45) is 17.2 Å². The number of aromatic amines is 1. The number of carbonyl (C=O) groups is 5. The summed E-state index contributed by atoms with van der Waals surface area (Å²) in [5, 5.41) is 18.5. The van der Waals surface area contributed by atoms with Crippen molar-refractivity contribution in [3.05, 3.63) is 71.9 Å². The van der Waals surface area contributed by atoms with Crippen molar-refractivity contribution in [1.29, 1.82) is 0 Å². The number of aliphatic carboxylic acids is 1. The van der Waals surface area contributed by atoms with E-state index in [0.717, 1.165) is 22.0 Å². The summed E-state index contributed by atoms with van der Waals surface area (Å²) in [4.78, 5) is 66.5. The van der Waals surface area contributed by atoms with Crippen LogP contribution < -0.4 is 33.2 Å². The highest BCUT2D eigenvalue weighted by Crippen LogP contribution is 2.19. The van der Waals surface area contributed by atoms with Gasteiger partial charge in [0.05, 0.1) is 6.04 Å². The average Bonchev–Trinajstić information content (AvgIpc) is 3.41. The van der Waals surface area contributed by atoms with Gasteiger partial charge < -0.3 is 43.2 Å². The van der Waals surface area contributed by atoms with E-state index in [0.29, 0.717) is 19.4 Å². The molecule has 0 aliphatic heterocycles. The van der Waals surface area contributed by atoms with E-state index in [1.165, 1.54) is 0 Å². The number of fused-ring (bicyclic) bond motifs is 1. The molecule has 1 heterocycles. The Bertz CT molecular complexity index is 1430. The number of unbranched alkanes of at least 4 members (excludes halogenated alkanes) is 1. The molecule has 13 nitrogen and oxygen atoms in total. The number of H-pyrrole nitrogens is 1. The van der Waals surface area contributed by atoms with Gasteiger partial charge in [0.15, 0.2) is 0 Å². The van der Waals surface area contributed by atoms with Crippen LogP contribution in [0.15, 0.2) is 60.8 Å². The lowest BCUT2D eigenvalue weighted by atomic mass is 10.0. The molecule has 0 aliphatic carbocycles. The quantitative estimate of drug-likeness (QED) is 0.0929. The zero-order chi connectivity index (χ0) is 32.1. The first-order valence-corrected chi connectivity index (χ1v) is 14.6. The molecule has 0 saturated heterocycles. The first-order valence-electron chi connectivity index (χ1n) is 14.6. The maximum atomic E-state index is 13.8. The first kappa shape index (κ1) is 33.7. The molecule has 0 fully saturated rings. The number of hydrogen-bond donors (Lipinski definition) is 8. The van der Waals surface area contributed by atoms with Gasteiger partial charge in [0, 0.05) is 36.4 Å². The Hall–Kier alpha value is -4.75. The second-order valence-corrected chi connectivity index (χ2v) is 10.7. The zero-order valence-electron chi connectivity index (χ0n) is 24.5. The lowest BCUT2D eigenvalue weighted by molar-refractivity contribution is -0.142. The van der Waals surface area contributed by atoms with Crippen LogP contribution in [-0.4, -0.2) is 70.4 Å². The SMILES string of the molecule is NCCCCC(NC(=O)C(Cc1c[nH]c2ccccc12)NC(=O)C(Cc1ccccc1)NC(=O)C(N)CCC(N)=O)C(=O)O. The molecular formula is C31H41N7O6. The number of aromatic nitrogens is 1. The van der Waals surface area contributed by atoms with Crippen LogP contribution in [0.4, 0.5) is 0 Å². The Morgan fingerprint density at radius 1 is 0.773 bits per heavy atom. The van der Waals surface area contributed by atoms with Crippen molar-refractivity contribution in [3.8, 4) is 0 Å². The standard InChI is InChI=1S/C31H41N7O6/c32-15-7-6-12-24(31(43)44)36-30(42)26(17-20-18-35-23-11-5-4-10-21(20)23)38-29(41)25(16-19-8-2-1-3-9-19)37-28(40)22(33)13-14-27(34)39/h1-5,8-11,18,22,24-26,35H,6-7,12-17,32-33H2,(H2,34,39)(H,36,42)(H,37,40)(H,38,41)(H,43,44). The summed E-state index contributed by atoms with van der Waals surface area (Å²) in [6.45, 7) is 0.389. The monoisotopic (exact) mass is 607 g/mol. The second-order valence-electron chi connectivity index (χ2n) is 10.7. The molecule has 0 aliphatic rings. The molecule has 3 aromatic rings. The van der Waals surface area contributed by atoms with E-state index < -0.39 is 53.8 Å². The number of carbonyl (C=O) groups excluding carboxylic acids is 4. The van der Waals surface area contributed by atoms with Crippen LogP contribution in [0.3, 0.4) is 0 Å². The number of hydrogen-bond acceptors (Lipinski definition) is 7. The van der Waals surface area contributed by atoms with Crippen LogP contribution in [0.2, 0.25) is 0 Å². The van der Waals surface area contributed by atoms with E-state index in [-0.39, 0.29) is 32.1 Å². The zero-order valence-corrected chi connectivity index (χ0v) is 24.5. The highest BCUT2D eigenvalue weighted by atomic mass is 16.4. The van der Waals surface area contributed by atoms with Crippen molar-refractivity contribution in [1.82, 2.24) is 20.9 Å². The Morgan fingerprint density at radius 3 is 2.05 bits per heavy atom. The summed E-state index contributed by atoms with van der Waals surface area (Å²) in [6.07, 6.45) is 3.00. The Morgan fingerprint density at radius 2 is 1.39 bits per heavy atom. The van der Waals surface area contributed by atoms with E-state index >= 15 is 0 Å². The van der Waals surface area contributed by atoms with Crippen molar-refractivity contribution in [2.75, 3.05) is 6.54 Å². The number of primary amides is 1. The molecule has 3 rings (SSSR count). The molecular weight excluding hydrogens is 566 g/mol. The van der Waals surface area contributed by atoms with Gasteiger partial charge in [0.2, 0.25) is 23.6 Å². The molecule has 0 bridgehead atoms. The van der Waals surface area contributed by atoms with Crippen molar-refractivity contribution in [3.63, 3.8) is 0 Å². The predicted molar refractivity (Wildman–Crippen MR) is 165 cm³/mol. The highest BCUT2D eigenvalue weighted by molar-refractivity contribution is 5.95. The highest BCUT2D eigenvalue weighted by Gasteiger charge is 2.31. The maximum absolute atomic E-state index is 13.8. The van der Waals surface area contributed by atoms with Crippen LogP contribution in [0, 0.1) is 0 Å².